The summed E-state index contributed by atoms with van der Waals surface area (Å²) in [4.78, 5) is 33.8. The molecule has 10 nitrogen and oxygen atoms in total. The molecule has 40 heavy (non-hydrogen) atoms. The molecule has 0 spiro atoms. The maximum absolute atomic E-state index is 13.7. The van der Waals surface area contributed by atoms with E-state index in [0.717, 1.165) is 12.1 Å². The van der Waals surface area contributed by atoms with Crippen LogP contribution < -0.4 is 5.32 Å². The first-order chi connectivity index (χ1) is 18.1. The number of non-ortho nitro benzene ring substituents is 1. The lowest BCUT2D eigenvalue weighted by Crippen LogP contribution is -2.61. The Morgan fingerprint density at radius 1 is 0.975 bits per heavy atom. The third-order valence-electron chi connectivity index (χ3n) is 5.29. The molecule has 1 aromatic carbocycles. The van der Waals surface area contributed by atoms with Crippen LogP contribution in [0.4, 0.5) is 54.8 Å². The van der Waals surface area contributed by atoms with Gasteiger partial charge in [0.15, 0.2) is 0 Å². The number of rotatable bonds is 9. The summed E-state index contributed by atoms with van der Waals surface area (Å²) in [5, 5.41) is 22.8. The lowest BCUT2D eigenvalue weighted by atomic mass is 9.90. The van der Waals surface area contributed by atoms with Gasteiger partial charge in [-0.1, -0.05) is 12.1 Å². The van der Waals surface area contributed by atoms with Crippen molar-refractivity contribution in [2.24, 2.45) is 0 Å². The number of benzene rings is 1. The van der Waals surface area contributed by atoms with Gasteiger partial charge in [-0.3, -0.25) is 10.1 Å². The zero-order chi connectivity index (χ0) is 30.8. The van der Waals surface area contributed by atoms with Crippen molar-refractivity contribution in [3.63, 3.8) is 0 Å². The average Bonchev–Trinajstić information content (AvgIpc) is 2.80. The number of carbonyl (C=O) groups is 2. The summed E-state index contributed by atoms with van der Waals surface area (Å²) in [5.74, 6) is -22.6. The van der Waals surface area contributed by atoms with Gasteiger partial charge in [0.05, 0.1) is 22.7 Å². The number of hydrogen-bond acceptors (Lipinski definition) is 8. The normalized spacial score (nSPS) is 16.8. The van der Waals surface area contributed by atoms with Gasteiger partial charge in [-0.2, -0.15) is 39.5 Å². The Kier molecular flexibility index (Phi) is 8.91. The molecule has 0 bridgehead atoms. The molecule has 1 aliphatic heterocycles. The fourth-order valence-corrected chi connectivity index (χ4v) is 3.39. The minimum Gasteiger partial charge on any atom is -0.449 e. The molecule has 0 amide bonds. The molecule has 0 aliphatic carbocycles. The zero-order valence-corrected chi connectivity index (χ0v) is 20.0. The summed E-state index contributed by atoms with van der Waals surface area (Å²) in [6, 6.07) is 4.41. The Morgan fingerprint density at radius 3 is 2.02 bits per heavy atom. The Balaban J connectivity index is 2.30. The Labute approximate surface area is 217 Å². The van der Waals surface area contributed by atoms with E-state index in [4.69, 9.17) is 14.6 Å². The molecule has 1 unspecified atom stereocenters. The average molecular weight is 596 g/mol. The van der Waals surface area contributed by atoms with Crippen molar-refractivity contribution in [2.75, 3.05) is 6.61 Å². The minimum absolute atomic E-state index is 0.0181. The van der Waals surface area contributed by atoms with Crippen molar-refractivity contribution in [3.8, 4) is 0 Å². The summed E-state index contributed by atoms with van der Waals surface area (Å²) in [5.41, 5.74) is -0.647. The van der Waals surface area contributed by atoms with Gasteiger partial charge in [0, 0.05) is 12.1 Å². The van der Waals surface area contributed by atoms with Gasteiger partial charge in [0.2, 0.25) is 0 Å². The first kappa shape index (κ1) is 32.0. The van der Waals surface area contributed by atoms with E-state index in [2.05, 4.69) is 10.1 Å². The quantitative estimate of drug-likeness (QED) is 0.143. The molecule has 1 heterocycles. The van der Waals surface area contributed by atoms with Gasteiger partial charge in [-0.05, 0) is 19.4 Å². The van der Waals surface area contributed by atoms with Crippen molar-refractivity contribution in [1.82, 2.24) is 5.32 Å². The maximum atomic E-state index is 13.7. The summed E-state index contributed by atoms with van der Waals surface area (Å²) in [7, 11) is 0. The molecule has 1 aromatic rings. The van der Waals surface area contributed by atoms with Gasteiger partial charge in [-0.15, -0.1) is 0 Å². The number of nitrogens with one attached hydrogen (secondary N) is 1. The monoisotopic (exact) mass is 596 g/mol. The number of nitro benzene ring substituents is 1. The van der Waals surface area contributed by atoms with E-state index < -0.39 is 77.3 Å². The number of alkyl halides is 9. The lowest BCUT2D eigenvalue weighted by Gasteiger charge is -2.33. The molecule has 0 saturated heterocycles. The maximum Gasteiger partial charge on any atom is 0.513 e. The van der Waals surface area contributed by atoms with Crippen LogP contribution in [-0.4, -0.2) is 52.9 Å². The SMILES string of the molecule is CC1=C(OC(=O)O)C(c2cccc([N+](=O)[O-])c2)C(OC(=O)OCCC(F)(F)C(F)(F)C(F)(F)C(F)(F)F)=C(C)N1. The van der Waals surface area contributed by atoms with Crippen molar-refractivity contribution < 1.29 is 73.3 Å². The summed E-state index contributed by atoms with van der Waals surface area (Å²) >= 11 is 0. The van der Waals surface area contributed by atoms with E-state index in [9.17, 15) is 59.2 Å². The second-order valence-electron chi connectivity index (χ2n) is 8.06. The number of allylic oxidation sites excluding steroid dienone is 2. The third-order valence-corrected chi connectivity index (χ3v) is 5.29. The smallest absolute Gasteiger partial charge is 0.449 e. The largest absolute Gasteiger partial charge is 0.513 e. The van der Waals surface area contributed by atoms with Crippen LogP contribution in [0.3, 0.4) is 0 Å². The van der Waals surface area contributed by atoms with Crippen molar-refractivity contribution in [1.29, 1.82) is 0 Å². The first-order valence-corrected chi connectivity index (χ1v) is 10.5. The number of nitro groups is 1. The number of dihydropyridines is 1. The van der Waals surface area contributed by atoms with E-state index in [1.807, 2.05) is 0 Å². The van der Waals surface area contributed by atoms with E-state index in [1.54, 1.807) is 0 Å². The fourth-order valence-electron chi connectivity index (χ4n) is 3.39. The minimum atomic E-state index is -7.13. The number of hydrogen-bond donors (Lipinski definition) is 2. The molecule has 1 atom stereocenters. The molecule has 0 aromatic heterocycles. The summed E-state index contributed by atoms with van der Waals surface area (Å²) in [6.07, 6.45) is -13.3. The topological polar surface area (TPSA) is 137 Å². The predicted octanol–water partition coefficient (Wildman–Crippen LogP) is 6.45. The van der Waals surface area contributed by atoms with Gasteiger partial charge < -0.3 is 24.6 Å². The van der Waals surface area contributed by atoms with Crippen LogP contribution in [0.2, 0.25) is 0 Å². The fraction of sp³-hybridized carbons (Fsp3) is 0.429. The highest BCUT2D eigenvalue weighted by molar-refractivity contribution is 5.64. The van der Waals surface area contributed by atoms with Crippen LogP contribution in [0, 0.1) is 10.1 Å². The van der Waals surface area contributed by atoms with E-state index in [-0.39, 0.29) is 17.0 Å². The van der Waals surface area contributed by atoms with Crippen LogP contribution in [0.5, 0.6) is 0 Å². The van der Waals surface area contributed by atoms with Gasteiger partial charge in [-0.25, -0.2) is 9.59 Å². The predicted molar refractivity (Wildman–Crippen MR) is 111 cm³/mol. The second-order valence-corrected chi connectivity index (χ2v) is 8.06. The van der Waals surface area contributed by atoms with Crippen molar-refractivity contribution in [3.05, 3.63) is 62.9 Å². The molecule has 2 N–H and O–H groups in total. The first-order valence-electron chi connectivity index (χ1n) is 10.5. The summed E-state index contributed by atoms with van der Waals surface area (Å²) < 4.78 is 131. The molecular weight excluding hydrogens is 579 g/mol. The standard InChI is InChI=1S/C21H17F9N2O8/c1-9-14(39-16(33)34)13(11-4-3-5-12(8-11)32(36)37)15(10(2)31-9)40-17(35)38-7-6-18(22,23)19(24,25)20(26,27)21(28,29)30/h3-5,8,13,31H,6-7H2,1-2H3,(H,33,34). The Morgan fingerprint density at radius 2 is 1.52 bits per heavy atom. The third kappa shape index (κ3) is 6.33. The zero-order valence-electron chi connectivity index (χ0n) is 20.0. The Hall–Kier alpha value is -4.19. The van der Waals surface area contributed by atoms with Crippen LogP contribution in [-0.2, 0) is 14.2 Å². The highest BCUT2D eigenvalue weighted by atomic mass is 19.4. The molecule has 2 rings (SSSR count). The molecule has 19 heteroatoms. The second kappa shape index (κ2) is 11.1. The Bertz CT molecular complexity index is 1240. The molecule has 0 saturated carbocycles. The van der Waals surface area contributed by atoms with Crippen LogP contribution in [0.15, 0.2) is 47.2 Å². The van der Waals surface area contributed by atoms with Gasteiger partial charge in [0.25, 0.3) is 5.69 Å². The molecule has 0 radical (unpaired) electrons. The van der Waals surface area contributed by atoms with E-state index in [1.165, 1.54) is 26.0 Å². The van der Waals surface area contributed by atoms with Crippen LogP contribution in [0.25, 0.3) is 0 Å². The summed E-state index contributed by atoms with van der Waals surface area (Å²) in [6.45, 7) is 0.714. The van der Waals surface area contributed by atoms with E-state index >= 15 is 0 Å². The number of carboxylic acid groups (broad SMARTS) is 1. The van der Waals surface area contributed by atoms with Gasteiger partial charge in [0.1, 0.15) is 24.0 Å². The highest BCUT2D eigenvalue weighted by Crippen LogP contribution is 2.54. The number of halogens is 9. The number of nitrogens with zero attached hydrogens (tertiary/aromatic N) is 1. The highest BCUT2D eigenvalue weighted by Gasteiger charge is 2.81. The number of ether oxygens (including phenoxy) is 3. The van der Waals surface area contributed by atoms with Gasteiger partial charge >= 0.3 is 36.3 Å². The molecule has 222 valence electrons. The molecule has 1 aliphatic rings. The van der Waals surface area contributed by atoms with Crippen molar-refractivity contribution in [2.45, 2.75) is 50.1 Å². The van der Waals surface area contributed by atoms with E-state index in [0.29, 0.717) is 0 Å². The van der Waals surface area contributed by atoms with Crippen LogP contribution >= 0.6 is 0 Å². The van der Waals surface area contributed by atoms with Crippen LogP contribution in [0.1, 0.15) is 31.7 Å². The lowest BCUT2D eigenvalue weighted by molar-refractivity contribution is -0.397. The molecular formula is C21H17F9N2O8. The number of carbonyl (C=O) groups excluding carboxylic acids is 1. The van der Waals surface area contributed by atoms with Crippen molar-refractivity contribution >= 4 is 18.0 Å². The molecule has 0 fully saturated rings.